The predicted molar refractivity (Wildman–Crippen MR) is 320 cm³/mol. The molecule has 4 aliphatic carbocycles. The van der Waals surface area contributed by atoms with Crippen LogP contribution < -0.4 is 0 Å². The molecule has 456 valence electrons. The van der Waals surface area contributed by atoms with Crippen LogP contribution in [-0.2, 0) is 57.9 Å². The fraction of sp³-hybridized carbons (Fsp3) is 0.625. The van der Waals surface area contributed by atoms with Crippen LogP contribution in [0.25, 0.3) is 0 Å². The van der Waals surface area contributed by atoms with E-state index in [1.54, 1.807) is 17.2 Å². The van der Waals surface area contributed by atoms with Crippen LogP contribution in [0.2, 0.25) is 0 Å². The molecule has 12 aliphatic rings. The highest BCUT2D eigenvalue weighted by molar-refractivity contribution is 7.85. The van der Waals surface area contributed by atoms with Crippen molar-refractivity contribution in [2.75, 3.05) is 26.4 Å². The van der Waals surface area contributed by atoms with Gasteiger partial charge in [-0.15, -0.1) is 0 Å². The summed E-state index contributed by atoms with van der Waals surface area (Å²) in [5, 5.41) is 0. The van der Waals surface area contributed by atoms with Gasteiger partial charge in [-0.05, 0) is 125 Å². The summed E-state index contributed by atoms with van der Waals surface area (Å²) in [5.74, 6) is 1.23. The van der Waals surface area contributed by atoms with Gasteiger partial charge in [-0.25, -0.2) is 0 Å². The van der Waals surface area contributed by atoms with Crippen molar-refractivity contribution in [1.82, 2.24) is 17.2 Å². The van der Waals surface area contributed by atoms with Crippen LogP contribution in [0.4, 0.5) is 0 Å². The fourth-order valence-electron chi connectivity index (χ4n) is 18.8. The number of nitrogens with zero attached hydrogens (tertiary/aromatic N) is 4. The van der Waals surface area contributed by atoms with Gasteiger partial charge in [-0.3, -0.25) is 16.7 Å². The summed E-state index contributed by atoms with van der Waals surface area (Å²) < 4.78 is 128. The molecular formula is C64H84N4O12S4. The smallest absolute Gasteiger partial charge is 0.258 e. The second kappa shape index (κ2) is 23.4. The zero-order chi connectivity index (χ0) is 58.0. The maximum absolute atomic E-state index is 12.5. The third-order valence-corrected chi connectivity index (χ3v) is 28.3. The first-order valence-electron chi connectivity index (χ1n) is 31.5. The van der Waals surface area contributed by atoms with Crippen molar-refractivity contribution >= 4 is 41.2 Å². The molecule has 4 spiro atoms. The molecular weight excluding hydrogens is 1140 g/mol. The minimum atomic E-state index is -3.56. The van der Waals surface area contributed by atoms with Gasteiger partial charge in [0.2, 0.25) is 0 Å². The van der Waals surface area contributed by atoms with E-state index < -0.39 is 41.2 Å². The van der Waals surface area contributed by atoms with Crippen LogP contribution in [0.15, 0.2) is 121 Å². The quantitative estimate of drug-likeness (QED) is 0.188. The third-order valence-electron chi connectivity index (χ3n) is 21.9. The van der Waals surface area contributed by atoms with Crippen molar-refractivity contribution in [2.24, 2.45) is 0 Å². The summed E-state index contributed by atoms with van der Waals surface area (Å²) in [6.07, 6.45) is 23.9. The van der Waals surface area contributed by atoms with Crippen molar-refractivity contribution in [2.45, 2.75) is 224 Å². The average Bonchev–Trinajstić information content (AvgIpc) is 3.80. The summed E-state index contributed by atoms with van der Waals surface area (Å²) in [7, 11) is -14.2. The lowest BCUT2D eigenvalue weighted by atomic mass is 9.85. The van der Waals surface area contributed by atoms with E-state index in [0.29, 0.717) is 50.1 Å². The average molecular weight is 1230 g/mol. The summed E-state index contributed by atoms with van der Waals surface area (Å²) in [6, 6.07) is 41.9. The summed E-state index contributed by atoms with van der Waals surface area (Å²) >= 11 is 0. The molecule has 8 saturated heterocycles. The maximum atomic E-state index is 12.5. The molecule has 4 saturated carbocycles. The van der Waals surface area contributed by atoms with E-state index in [0.717, 1.165) is 154 Å². The van der Waals surface area contributed by atoms with Crippen LogP contribution >= 0.6 is 0 Å². The third kappa shape index (κ3) is 10.8. The van der Waals surface area contributed by atoms with Crippen molar-refractivity contribution in [3.8, 4) is 0 Å². The van der Waals surface area contributed by atoms with Crippen molar-refractivity contribution in [3.05, 3.63) is 144 Å². The monoisotopic (exact) mass is 1230 g/mol. The molecule has 4 aromatic carbocycles. The van der Waals surface area contributed by atoms with Crippen molar-refractivity contribution in [1.29, 1.82) is 0 Å². The van der Waals surface area contributed by atoms with Gasteiger partial charge < -0.3 is 0 Å². The molecule has 8 heterocycles. The van der Waals surface area contributed by atoms with Crippen molar-refractivity contribution in [3.63, 3.8) is 0 Å². The van der Waals surface area contributed by atoms with E-state index in [1.165, 1.54) is 22.3 Å². The maximum Gasteiger partial charge on any atom is 0.339 e. The van der Waals surface area contributed by atoms with Crippen molar-refractivity contribution < 1.29 is 50.4 Å². The van der Waals surface area contributed by atoms with Gasteiger partial charge >= 0.3 is 41.2 Å². The number of benzene rings is 4. The first-order valence-corrected chi connectivity index (χ1v) is 36.9. The van der Waals surface area contributed by atoms with Gasteiger partial charge in [0.05, 0.1) is 26.4 Å². The Morgan fingerprint density at radius 2 is 0.464 bits per heavy atom. The van der Waals surface area contributed by atoms with E-state index in [-0.39, 0.29) is 46.3 Å². The molecule has 12 fully saturated rings. The van der Waals surface area contributed by atoms with Gasteiger partial charge in [0, 0.05) is 70.0 Å². The minimum absolute atomic E-state index is 0.0734. The lowest BCUT2D eigenvalue weighted by molar-refractivity contribution is 0.122. The lowest BCUT2D eigenvalue weighted by Crippen LogP contribution is -2.52. The topological polar surface area (TPSA) is 186 Å². The molecule has 8 aliphatic heterocycles. The second-order valence-corrected chi connectivity index (χ2v) is 32.3. The Balaban J connectivity index is 0.000000104. The molecule has 0 unspecified atom stereocenters. The molecule has 20 heteroatoms. The van der Waals surface area contributed by atoms with Gasteiger partial charge in [0.15, 0.2) is 0 Å². The van der Waals surface area contributed by atoms with Crippen LogP contribution in [0.5, 0.6) is 0 Å². The standard InChI is InChI=1S/4C16H21NO3S/c4*18-21(19)17-15(8-11-20-21)14(13-6-2-1-3-7-13)12-16(17)9-4-5-10-16/h4*1-3,6-7,14-15H,4-5,8-12H2/t4*14-,15-/m0000/s1. The van der Waals surface area contributed by atoms with E-state index >= 15 is 0 Å². The number of hydrogen-bond donors (Lipinski definition) is 0. The Bertz CT molecular complexity index is 2940. The van der Waals surface area contributed by atoms with Crippen LogP contribution in [0.1, 0.15) is 200 Å². The Hall–Kier alpha value is -3.64. The minimum Gasteiger partial charge on any atom is -0.258 e. The summed E-state index contributed by atoms with van der Waals surface area (Å²) in [6.45, 7) is 1.29. The molecule has 16 rings (SSSR count). The molecule has 84 heavy (non-hydrogen) atoms. The van der Waals surface area contributed by atoms with Gasteiger partial charge in [0.1, 0.15) is 0 Å². The Labute approximate surface area is 500 Å². The normalized spacial score (nSPS) is 34.1. The molecule has 0 bridgehead atoms. The summed E-state index contributed by atoms with van der Waals surface area (Å²) in [4.78, 5) is 0. The van der Waals surface area contributed by atoms with Crippen LogP contribution in [0, 0.1) is 0 Å². The molecule has 16 nitrogen and oxygen atoms in total. The SMILES string of the molecule is O=S1(=O)OCC[C@H]2[C@H](c3ccccc3)CC3(CCCC3)N21.O=S1(=O)OCC[C@H]2[C@H](c3ccccc3)CC3(CCCC3)N21.O=S1(=O)OCC[C@H]2[C@H](c3ccccc3)CC3(CCCC3)N21.O=S1(=O)OCC[C@H]2[C@H](c3ccccc3)CC3(CCCC3)N21. The number of rotatable bonds is 4. The van der Waals surface area contributed by atoms with E-state index in [1.807, 2.05) is 72.8 Å². The fourth-order valence-corrected chi connectivity index (χ4v) is 25.7. The zero-order valence-corrected chi connectivity index (χ0v) is 51.6. The highest BCUT2D eigenvalue weighted by atomic mass is 32.2. The van der Waals surface area contributed by atoms with E-state index in [9.17, 15) is 33.7 Å². The van der Waals surface area contributed by atoms with Crippen LogP contribution in [0.3, 0.4) is 0 Å². The van der Waals surface area contributed by atoms with Gasteiger partial charge in [-0.1, -0.05) is 173 Å². The molecule has 0 N–H and O–H groups in total. The second-order valence-electron chi connectivity index (χ2n) is 26.3. The van der Waals surface area contributed by atoms with Gasteiger partial charge in [0.25, 0.3) is 0 Å². The van der Waals surface area contributed by atoms with Crippen LogP contribution in [-0.4, -0.2) is 124 Å². The first-order chi connectivity index (χ1) is 40.5. The Morgan fingerprint density at radius 1 is 0.286 bits per heavy atom. The van der Waals surface area contributed by atoms with E-state index in [2.05, 4.69) is 48.5 Å². The lowest BCUT2D eigenvalue weighted by Gasteiger charge is -2.39. The Kier molecular flexibility index (Phi) is 16.5. The number of fused-ring (bicyclic) bond motifs is 8. The molecule has 0 radical (unpaired) electrons. The summed E-state index contributed by atoms with van der Waals surface area (Å²) in [5.41, 5.74) is 4.33. The molecule has 8 atom stereocenters. The highest BCUT2D eigenvalue weighted by Crippen LogP contribution is 2.59. The van der Waals surface area contributed by atoms with Gasteiger partial charge in [-0.2, -0.15) is 50.9 Å². The first kappa shape index (κ1) is 59.3. The largest absolute Gasteiger partial charge is 0.339 e. The number of hydrogen-bond acceptors (Lipinski definition) is 12. The molecule has 0 aromatic heterocycles. The highest BCUT2D eigenvalue weighted by Gasteiger charge is 2.63. The zero-order valence-electron chi connectivity index (χ0n) is 48.3. The molecule has 0 amide bonds. The Morgan fingerprint density at radius 3 is 0.643 bits per heavy atom. The van der Waals surface area contributed by atoms with E-state index in [4.69, 9.17) is 16.7 Å². The predicted octanol–water partition coefficient (Wildman–Crippen LogP) is 11.3. The molecule has 4 aromatic rings.